The molecule has 2 aromatic rings. The molecule has 0 saturated heterocycles. The van der Waals surface area contributed by atoms with Crippen LogP contribution in [-0.2, 0) is 11.3 Å². The Bertz CT molecular complexity index is 1320. The lowest BCUT2D eigenvalue weighted by atomic mass is 9.47. The molecule has 0 aromatic heterocycles. The van der Waals surface area contributed by atoms with Gasteiger partial charge in [-0.1, -0.05) is 23.7 Å². The number of aromatic carboxylic acids is 1. The number of benzene rings is 2. The van der Waals surface area contributed by atoms with E-state index in [1.165, 1.54) is 0 Å². The molecule has 6 rings (SSSR count). The number of rotatable bonds is 8. The molecule has 4 aliphatic rings. The van der Waals surface area contributed by atoms with E-state index < -0.39 is 17.0 Å². The van der Waals surface area contributed by atoms with Gasteiger partial charge in [0.2, 0.25) is 5.91 Å². The Hall–Kier alpha value is -3.57. The maximum Gasteiger partial charge on any atom is 0.335 e. The van der Waals surface area contributed by atoms with Crippen molar-refractivity contribution in [1.29, 1.82) is 5.26 Å². The van der Waals surface area contributed by atoms with E-state index in [4.69, 9.17) is 21.3 Å². The predicted octanol–water partition coefficient (Wildman–Crippen LogP) is 5.18. The van der Waals surface area contributed by atoms with E-state index in [1.54, 1.807) is 42.5 Å². The Labute approximate surface area is 233 Å². The molecular weight excluding hydrogens is 516 g/mol. The number of hydrogen-bond donors (Lipinski definition) is 3. The van der Waals surface area contributed by atoms with Crippen molar-refractivity contribution in [2.24, 2.45) is 28.2 Å². The number of aliphatic imine (C=N–C) groups is 1. The second kappa shape index (κ2) is 10.5. The van der Waals surface area contributed by atoms with E-state index in [9.17, 15) is 20.0 Å². The number of nitrogens with one attached hydrogen (secondary N) is 2. The van der Waals surface area contributed by atoms with Gasteiger partial charge in [0.05, 0.1) is 17.0 Å². The van der Waals surface area contributed by atoms with Crippen LogP contribution >= 0.6 is 11.6 Å². The van der Waals surface area contributed by atoms with Crippen LogP contribution in [0, 0.1) is 34.6 Å². The first-order valence-corrected chi connectivity index (χ1v) is 13.7. The lowest BCUT2D eigenvalue weighted by Gasteiger charge is -2.58. The molecular formula is C30H33ClN4O4. The second-order valence-corrected chi connectivity index (χ2v) is 12.1. The van der Waals surface area contributed by atoms with Crippen LogP contribution in [-0.4, -0.2) is 34.5 Å². The molecule has 0 radical (unpaired) electrons. The van der Waals surface area contributed by atoms with Gasteiger partial charge in [-0.05, 0) is 106 Å². The maximum atomic E-state index is 13.6. The minimum Gasteiger partial charge on any atom is -0.480 e. The molecule has 1 amide bonds. The van der Waals surface area contributed by atoms with Crippen LogP contribution in [0.2, 0.25) is 5.02 Å². The summed E-state index contributed by atoms with van der Waals surface area (Å²) in [6.45, 7) is 4.07. The highest BCUT2D eigenvalue weighted by Gasteiger charge is 2.58. The molecule has 39 heavy (non-hydrogen) atoms. The SMILES string of the molecule is CC(C)(Oc1ccc(Cl)cc1)C(=NC1C2CC3CC1CC(C(=O)NCc1cccc(C(=O)O)c1)(C3)C2)NC#N. The summed E-state index contributed by atoms with van der Waals surface area (Å²) < 4.78 is 6.22. The van der Waals surface area contributed by atoms with Crippen LogP contribution in [0.3, 0.4) is 0 Å². The van der Waals surface area contributed by atoms with Crippen molar-refractivity contribution < 1.29 is 19.4 Å². The first-order chi connectivity index (χ1) is 18.6. The van der Waals surface area contributed by atoms with Gasteiger partial charge in [0.25, 0.3) is 0 Å². The van der Waals surface area contributed by atoms with E-state index in [-0.39, 0.29) is 29.3 Å². The van der Waals surface area contributed by atoms with Gasteiger partial charge in [0, 0.05) is 11.6 Å². The molecule has 4 saturated carbocycles. The smallest absolute Gasteiger partial charge is 0.335 e. The number of halogens is 1. The van der Waals surface area contributed by atoms with Crippen LogP contribution in [0.5, 0.6) is 5.75 Å². The number of amidine groups is 1. The Morgan fingerprint density at radius 1 is 1.15 bits per heavy atom. The van der Waals surface area contributed by atoms with Gasteiger partial charge < -0.3 is 15.2 Å². The van der Waals surface area contributed by atoms with Gasteiger partial charge >= 0.3 is 5.97 Å². The summed E-state index contributed by atoms with van der Waals surface area (Å²) in [6.07, 6.45) is 6.48. The molecule has 2 atom stereocenters. The molecule has 4 aliphatic carbocycles. The van der Waals surface area contributed by atoms with Gasteiger partial charge in [-0.3, -0.25) is 15.1 Å². The average Bonchev–Trinajstić information content (AvgIpc) is 2.89. The van der Waals surface area contributed by atoms with Crippen molar-refractivity contribution in [3.05, 3.63) is 64.7 Å². The zero-order chi connectivity index (χ0) is 27.8. The number of carboxylic acids is 1. The van der Waals surface area contributed by atoms with Crippen LogP contribution in [0.4, 0.5) is 0 Å². The van der Waals surface area contributed by atoms with Crippen molar-refractivity contribution in [2.75, 3.05) is 0 Å². The highest BCUT2D eigenvalue weighted by Crippen LogP contribution is 2.61. The Balaban J connectivity index is 1.31. The van der Waals surface area contributed by atoms with E-state index in [1.807, 2.05) is 26.1 Å². The summed E-state index contributed by atoms with van der Waals surface area (Å²) in [5, 5.41) is 25.3. The molecule has 204 valence electrons. The third kappa shape index (κ3) is 5.60. The fourth-order valence-corrected chi connectivity index (χ4v) is 7.18. The van der Waals surface area contributed by atoms with Crippen LogP contribution in [0.15, 0.2) is 53.5 Å². The van der Waals surface area contributed by atoms with Gasteiger partial charge in [-0.25, -0.2) is 4.79 Å². The predicted molar refractivity (Wildman–Crippen MR) is 147 cm³/mol. The lowest BCUT2D eigenvalue weighted by Crippen LogP contribution is -2.58. The van der Waals surface area contributed by atoms with Crippen molar-refractivity contribution in [2.45, 2.75) is 64.1 Å². The highest BCUT2D eigenvalue weighted by molar-refractivity contribution is 6.30. The molecule has 0 heterocycles. The maximum absolute atomic E-state index is 13.6. The minimum absolute atomic E-state index is 0.0127. The zero-order valence-corrected chi connectivity index (χ0v) is 22.9. The summed E-state index contributed by atoms with van der Waals surface area (Å²) in [5.41, 5.74) is -0.323. The fraction of sp³-hybridized carbons (Fsp3) is 0.467. The quantitative estimate of drug-likeness (QED) is 0.181. The van der Waals surface area contributed by atoms with Crippen molar-refractivity contribution >= 4 is 29.3 Å². The van der Waals surface area contributed by atoms with Gasteiger partial charge in [-0.2, -0.15) is 5.26 Å². The number of amides is 1. The third-order valence-corrected chi connectivity index (χ3v) is 8.79. The molecule has 0 spiro atoms. The minimum atomic E-state index is -0.983. The van der Waals surface area contributed by atoms with Crippen molar-refractivity contribution in [1.82, 2.24) is 10.6 Å². The largest absolute Gasteiger partial charge is 0.480 e. The second-order valence-electron chi connectivity index (χ2n) is 11.7. The number of carbonyl (C=O) groups excluding carboxylic acids is 1. The zero-order valence-electron chi connectivity index (χ0n) is 22.1. The number of nitriles is 1. The van der Waals surface area contributed by atoms with Crippen LogP contribution in [0.1, 0.15) is 61.9 Å². The molecule has 8 nitrogen and oxygen atoms in total. The topological polar surface area (TPSA) is 124 Å². The van der Waals surface area contributed by atoms with E-state index in [0.717, 1.165) is 37.7 Å². The molecule has 4 fully saturated rings. The van der Waals surface area contributed by atoms with Crippen molar-refractivity contribution in [3.8, 4) is 11.9 Å². The Morgan fingerprint density at radius 3 is 2.49 bits per heavy atom. The van der Waals surface area contributed by atoms with E-state index >= 15 is 0 Å². The normalized spacial score (nSPS) is 27.5. The summed E-state index contributed by atoms with van der Waals surface area (Å²) in [7, 11) is 0. The summed E-state index contributed by atoms with van der Waals surface area (Å²) in [4.78, 5) is 30.0. The number of carboxylic acid groups (broad SMARTS) is 1. The molecule has 4 bridgehead atoms. The molecule has 9 heteroatoms. The third-order valence-electron chi connectivity index (χ3n) is 8.54. The summed E-state index contributed by atoms with van der Waals surface area (Å²) in [6, 6.07) is 13.8. The average molecular weight is 549 g/mol. The van der Waals surface area contributed by atoms with Crippen LogP contribution < -0.4 is 15.4 Å². The molecule has 0 aliphatic heterocycles. The summed E-state index contributed by atoms with van der Waals surface area (Å²) in [5.74, 6) is 1.16. The number of nitrogens with zero attached hydrogens (tertiary/aromatic N) is 2. The molecule has 2 aromatic carbocycles. The molecule has 2 unspecified atom stereocenters. The lowest BCUT2D eigenvalue weighted by molar-refractivity contribution is -0.148. The number of carbonyl (C=O) groups is 2. The highest BCUT2D eigenvalue weighted by atomic mass is 35.5. The first kappa shape index (κ1) is 27.0. The number of ether oxygens (including phenoxy) is 1. The fourth-order valence-electron chi connectivity index (χ4n) is 7.06. The Kier molecular flexibility index (Phi) is 7.30. The van der Waals surface area contributed by atoms with Gasteiger partial charge in [0.1, 0.15) is 5.75 Å². The van der Waals surface area contributed by atoms with E-state index in [0.29, 0.717) is 29.1 Å². The van der Waals surface area contributed by atoms with Gasteiger partial charge in [-0.15, -0.1) is 0 Å². The van der Waals surface area contributed by atoms with Crippen molar-refractivity contribution in [3.63, 3.8) is 0 Å². The summed E-state index contributed by atoms with van der Waals surface area (Å²) >= 11 is 6.01. The van der Waals surface area contributed by atoms with Crippen LogP contribution in [0.25, 0.3) is 0 Å². The van der Waals surface area contributed by atoms with Gasteiger partial charge in [0.15, 0.2) is 17.6 Å². The standard InChI is InChI=1S/C30H33ClN4O4/c1-29(2,39-24-8-6-23(31)7-9-24)27(34-17-32)35-25-21-11-19-12-22(25)15-30(13-19,14-21)28(38)33-16-18-4-3-5-20(10-18)26(36)37/h3-10,19,21-22,25H,11-16H2,1-2H3,(H,33,38)(H,34,35)(H,36,37). The number of hydrogen-bond acceptors (Lipinski definition) is 5. The Morgan fingerprint density at radius 2 is 1.85 bits per heavy atom. The molecule has 3 N–H and O–H groups in total. The van der Waals surface area contributed by atoms with E-state index in [2.05, 4.69) is 10.6 Å². The first-order valence-electron chi connectivity index (χ1n) is 13.4. The monoisotopic (exact) mass is 548 g/mol.